The van der Waals surface area contributed by atoms with Crippen molar-refractivity contribution in [1.82, 2.24) is 34.7 Å². The maximum Gasteiger partial charge on any atom is 0.220 e. The third-order valence-electron chi connectivity index (χ3n) is 6.19. The van der Waals surface area contributed by atoms with Gasteiger partial charge in [-0.1, -0.05) is 17.3 Å². The first kappa shape index (κ1) is 20.8. The van der Waals surface area contributed by atoms with Crippen molar-refractivity contribution in [2.24, 2.45) is 17.6 Å². The van der Waals surface area contributed by atoms with Crippen molar-refractivity contribution in [2.45, 2.75) is 38.6 Å². The first-order chi connectivity index (χ1) is 16.1. The Morgan fingerprint density at radius 3 is 2.79 bits per heavy atom. The highest BCUT2D eigenvalue weighted by Gasteiger charge is 2.29. The van der Waals surface area contributed by atoms with Gasteiger partial charge in [0.25, 0.3) is 0 Å². The van der Waals surface area contributed by atoms with Crippen LogP contribution >= 0.6 is 0 Å². The van der Waals surface area contributed by atoms with Crippen LogP contribution in [0.2, 0.25) is 0 Å². The van der Waals surface area contributed by atoms with Gasteiger partial charge in [-0.15, -0.1) is 5.10 Å². The fourth-order valence-corrected chi connectivity index (χ4v) is 4.41. The van der Waals surface area contributed by atoms with Crippen molar-refractivity contribution in [1.29, 1.82) is 5.26 Å². The van der Waals surface area contributed by atoms with Crippen LogP contribution in [-0.2, 0) is 17.8 Å². The van der Waals surface area contributed by atoms with Crippen molar-refractivity contribution in [3.05, 3.63) is 48.7 Å². The van der Waals surface area contributed by atoms with E-state index in [1.165, 1.54) is 0 Å². The molecular formula is C23H23N9O. The zero-order valence-corrected chi connectivity index (χ0v) is 18.0. The number of fused-ring (bicyclic) bond motifs is 1. The predicted molar refractivity (Wildman–Crippen MR) is 120 cm³/mol. The Morgan fingerprint density at radius 1 is 1.18 bits per heavy atom. The quantitative estimate of drug-likeness (QED) is 0.464. The smallest absolute Gasteiger partial charge is 0.220 e. The molecule has 1 fully saturated rings. The monoisotopic (exact) mass is 441 g/mol. The fourth-order valence-electron chi connectivity index (χ4n) is 4.41. The summed E-state index contributed by atoms with van der Waals surface area (Å²) in [5.74, 6) is 0.831. The van der Waals surface area contributed by atoms with Gasteiger partial charge < -0.3 is 5.73 Å². The number of benzene rings is 1. The molecule has 1 saturated carbocycles. The largest absolute Gasteiger partial charge is 0.369 e. The van der Waals surface area contributed by atoms with Gasteiger partial charge in [0.15, 0.2) is 11.2 Å². The highest BCUT2D eigenvalue weighted by molar-refractivity contribution is 5.77. The van der Waals surface area contributed by atoms with E-state index in [4.69, 9.17) is 16.0 Å². The van der Waals surface area contributed by atoms with Gasteiger partial charge in [-0.25, -0.2) is 9.97 Å². The minimum absolute atomic E-state index is 0.0390. The lowest BCUT2D eigenvalue weighted by molar-refractivity contribution is -0.121. The summed E-state index contributed by atoms with van der Waals surface area (Å²) in [6.45, 7) is 0.575. The zero-order valence-electron chi connectivity index (χ0n) is 18.0. The van der Waals surface area contributed by atoms with Crippen molar-refractivity contribution < 1.29 is 4.79 Å². The van der Waals surface area contributed by atoms with Crippen molar-refractivity contribution in [3.63, 3.8) is 0 Å². The molecule has 166 valence electrons. The Labute approximate surface area is 190 Å². The number of carbonyl (C=O) groups is 1. The van der Waals surface area contributed by atoms with Crippen LogP contribution in [0.15, 0.2) is 42.9 Å². The molecule has 3 heterocycles. The average molecular weight is 441 g/mol. The fraction of sp³-hybridized carbons (Fsp3) is 0.348. The second kappa shape index (κ2) is 8.78. The molecule has 1 amide bonds. The summed E-state index contributed by atoms with van der Waals surface area (Å²) in [6, 6.07) is 10.1. The minimum atomic E-state index is -0.214. The van der Waals surface area contributed by atoms with Crippen molar-refractivity contribution in [2.75, 3.05) is 0 Å². The van der Waals surface area contributed by atoms with Crippen molar-refractivity contribution >= 4 is 17.1 Å². The van der Waals surface area contributed by atoms with Crippen LogP contribution in [-0.4, -0.2) is 40.6 Å². The first-order valence-corrected chi connectivity index (χ1v) is 11.0. The highest BCUT2D eigenvalue weighted by atomic mass is 16.1. The zero-order chi connectivity index (χ0) is 22.8. The van der Waals surface area contributed by atoms with Gasteiger partial charge in [0, 0.05) is 24.1 Å². The van der Waals surface area contributed by atoms with Gasteiger partial charge in [0.05, 0.1) is 37.1 Å². The van der Waals surface area contributed by atoms with Gasteiger partial charge in [0.2, 0.25) is 5.91 Å². The van der Waals surface area contributed by atoms with Crippen LogP contribution < -0.4 is 5.73 Å². The van der Waals surface area contributed by atoms with Gasteiger partial charge in [-0.2, -0.15) is 15.0 Å². The topological polar surface area (TPSA) is 141 Å². The molecule has 2 N–H and O–H groups in total. The van der Waals surface area contributed by atoms with E-state index < -0.39 is 0 Å². The number of aromatic nitrogens is 7. The van der Waals surface area contributed by atoms with Crippen molar-refractivity contribution in [3.8, 4) is 22.9 Å². The molecule has 0 saturated heterocycles. The van der Waals surface area contributed by atoms with Crippen LogP contribution in [0.4, 0.5) is 0 Å². The number of amides is 1. The molecule has 2 atom stereocenters. The standard InChI is InChI=1S/C23H23N9O/c24-8-1-9-31-14-18(12-27-31)16-4-6-19(7-5-16)32-23-20(29-30-32)13-26-21(28-23)11-15-2-3-17(10-15)22(25)33/h4-7,12-15,17H,1-3,9-11H2,(H2,25,33)/t15-,17-/m1/s1. The molecule has 0 radical (unpaired) electrons. The minimum Gasteiger partial charge on any atom is -0.369 e. The van der Waals surface area contributed by atoms with E-state index in [9.17, 15) is 4.79 Å². The van der Waals surface area contributed by atoms with Gasteiger partial charge in [0.1, 0.15) is 5.82 Å². The Balaban J connectivity index is 1.35. The molecular weight excluding hydrogens is 418 g/mol. The molecule has 1 aliphatic rings. The molecule has 1 aromatic carbocycles. The van der Waals surface area contributed by atoms with Gasteiger partial charge in [-0.3, -0.25) is 9.48 Å². The number of primary amides is 1. The summed E-state index contributed by atoms with van der Waals surface area (Å²) in [5, 5.41) is 21.5. The SMILES string of the molecule is N#CCCn1cc(-c2ccc(-n3nnc4cnc(C[C@@H]5CC[C@@H](C(N)=O)C5)nc43)cc2)cn1. The lowest BCUT2D eigenvalue weighted by atomic mass is 10.0. The van der Waals surface area contributed by atoms with Crippen LogP contribution in [0.3, 0.4) is 0 Å². The molecule has 10 heteroatoms. The Morgan fingerprint density at radius 2 is 2.03 bits per heavy atom. The summed E-state index contributed by atoms with van der Waals surface area (Å²) >= 11 is 0. The Bertz CT molecular complexity index is 1330. The highest BCUT2D eigenvalue weighted by Crippen LogP contribution is 2.32. The third kappa shape index (κ3) is 4.30. The van der Waals surface area contributed by atoms with E-state index in [0.717, 1.165) is 41.9 Å². The normalized spacial score (nSPS) is 17.9. The van der Waals surface area contributed by atoms with Gasteiger partial charge in [-0.05, 0) is 42.9 Å². The molecule has 0 spiro atoms. The van der Waals surface area contributed by atoms with E-state index >= 15 is 0 Å². The van der Waals surface area contributed by atoms with E-state index in [1.807, 2.05) is 30.5 Å². The summed E-state index contributed by atoms with van der Waals surface area (Å²) in [5.41, 5.74) is 9.59. The number of nitriles is 1. The molecule has 5 rings (SSSR count). The number of rotatable bonds is 7. The van der Waals surface area contributed by atoms with Crippen LogP contribution in [0.1, 0.15) is 31.5 Å². The molecule has 33 heavy (non-hydrogen) atoms. The van der Waals surface area contributed by atoms with E-state index in [0.29, 0.717) is 36.5 Å². The number of hydrogen-bond donors (Lipinski definition) is 1. The average Bonchev–Trinajstić information content (AvgIpc) is 3.57. The number of carbonyl (C=O) groups excluding carboxylic acids is 1. The molecule has 0 bridgehead atoms. The first-order valence-electron chi connectivity index (χ1n) is 11.0. The lowest BCUT2D eigenvalue weighted by Gasteiger charge is -2.09. The number of hydrogen-bond acceptors (Lipinski definition) is 7. The summed E-state index contributed by atoms with van der Waals surface area (Å²) < 4.78 is 3.48. The number of nitrogens with zero attached hydrogens (tertiary/aromatic N) is 8. The number of aryl methyl sites for hydroxylation is 1. The maximum absolute atomic E-state index is 11.5. The molecule has 0 aliphatic heterocycles. The molecule has 1 aliphatic carbocycles. The molecule has 10 nitrogen and oxygen atoms in total. The Kier molecular flexibility index (Phi) is 5.52. The van der Waals surface area contributed by atoms with Crippen LogP contribution in [0, 0.1) is 23.2 Å². The van der Waals surface area contributed by atoms with E-state index in [-0.39, 0.29) is 11.8 Å². The third-order valence-corrected chi connectivity index (χ3v) is 6.19. The van der Waals surface area contributed by atoms with E-state index in [1.54, 1.807) is 21.8 Å². The summed E-state index contributed by atoms with van der Waals surface area (Å²) in [4.78, 5) is 20.6. The molecule has 4 aromatic rings. The molecule has 3 aromatic heterocycles. The summed E-state index contributed by atoms with van der Waals surface area (Å²) in [6.07, 6.45) is 9.15. The number of nitrogens with two attached hydrogens (primary N) is 1. The molecule has 0 unspecified atom stereocenters. The maximum atomic E-state index is 11.5. The second-order valence-electron chi connectivity index (χ2n) is 8.43. The summed E-state index contributed by atoms with van der Waals surface area (Å²) in [7, 11) is 0. The predicted octanol–water partition coefficient (Wildman–Crippen LogP) is 2.43. The van der Waals surface area contributed by atoms with E-state index in [2.05, 4.69) is 26.5 Å². The van der Waals surface area contributed by atoms with Crippen LogP contribution in [0.25, 0.3) is 28.0 Å². The Hall–Kier alpha value is -4.13. The van der Waals surface area contributed by atoms with Gasteiger partial charge >= 0.3 is 0 Å². The second-order valence-corrected chi connectivity index (χ2v) is 8.43. The lowest BCUT2D eigenvalue weighted by Crippen LogP contribution is -2.21. The van der Waals surface area contributed by atoms with Crippen LogP contribution in [0.5, 0.6) is 0 Å².